The van der Waals surface area contributed by atoms with Crippen LogP contribution in [0.2, 0.25) is 0 Å². The van der Waals surface area contributed by atoms with Gasteiger partial charge in [-0.15, -0.1) is 5.10 Å². The number of ether oxygens (including phenoxy) is 1. The Hall–Kier alpha value is -2.35. The van der Waals surface area contributed by atoms with Crippen molar-refractivity contribution in [3.8, 4) is 5.82 Å². The van der Waals surface area contributed by atoms with E-state index in [9.17, 15) is 4.79 Å². The highest BCUT2D eigenvalue weighted by atomic mass is 32.1. The molecule has 2 aromatic rings. The van der Waals surface area contributed by atoms with Crippen molar-refractivity contribution in [3.05, 3.63) is 36.0 Å². The molecule has 0 aliphatic carbocycles. The molecule has 0 atom stereocenters. The lowest BCUT2D eigenvalue weighted by atomic mass is 10.3. The van der Waals surface area contributed by atoms with E-state index in [1.54, 1.807) is 19.1 Å². The predicted octanol–water partition coefficient (Wildman–Crippen LogP) is 0.473. The summed E-state index contributed by atoms with van der Waals surface area (Å²) < 4.78 is 6.28. The highest BCUT2D eigenvalue weighted by Crippen LogP contribution is 2.06. The molecule has 2 rings (SSSR count). The van der Waals surface area contributed by atoms with E-state index in [4.69, 9.17) is 22.7 Å². The summed E-state index contributed by atoms with van der Waals surface area (Å²) in [6, 6.07) is 3.23. The topological polar surface area (TPSA) is 95.9 Å². The number of carbonyl (C=O) groups is 1. The summed E-state index contributed by atoms with van der Waals surface area (Å²) in [7, 11) is 0. The Morgan fingerprint density at radius 2 is 2.26 bits per heavy atom. The first-order chi connectivity index (χ1) is 9.11. The van der Waals surface area contributed by atoms with Gasteiger partial charge in [0.05, 0.1) is 12.2 Å². The molecule has 0 aliphatic rings. The molecule has 7 nitrogen and oxygen atoms in total. The van der Waals surface area contributed by atoms with Crippen molar-refractivity contribution in [1.82, 2.24) is 19.7 Å². The van der Waals surface area contributed by atoms with Crippen molar-refractivity contribution in [1.29, 1.82) is 0 Å². The highest BCUT2D eigenvalue weighted by Gasteiger charge is 2.09. The standard InChI is InChI=1S/C11H11N5O2S/c1-2-18-11(17)7-3-4-8(13-5-7)16-6-14-10(15-16)9(12)19/h3-6H,2H2,1H3,(H2,12,19). The van der Waals surface area contributed by atoms with Crippen LogP contribution in [0, 0.1) is 0 Å². The van der Waals surface area contributed by atoms with Gasteiger partial charge in [0.15, 0.2) is 5.82 Å². The van der Waals surface area contributed by atoms with Gasteiger partial charge < -0.3 is 10.5 Å². The lowest BCUT2D eigenvalue weighted by molar-refractivity contribution is 0.0526. The number of rotatable bonds is 4. The molecule has 98 valence electrons. The molecule has 2 heterocycles. The first-order valence-electron chi connectivity index (χ1n) is 5.47. The molecule has 0 aromatic carbocycles. The van der Waals surface area contributed by atoms with Crippen molar-refractivity contribution < 1.29 is 9.53 Å². The number of carbonyl (C=O) groups excluding carboxylic acids is 1. The van der Waals surface area contributed by atoms with E-state index in [1.807, 2.05) is 0 Å². The average Bonchev–Trinajstić information content (AvgIpc) is 2.89. The highest BCUT2D eigenvalue weighted by molar-refractivity contribution is 7.80. The smallest absolute Gasteiger partial charge is 0.339 e. The monoisotopic (exact) mass is 277 g/mol. The number of nitrogens with zero attached hydrogens (tertiary/aromatic N) is 4. The summed E-state index contributed by atoms with van der Waals surface area (Å²) in [5.41, 5.74) is 5.79. The fraction of sp³-hybridized carbons (Fsp3) is 0.182. The van der Waals surface area contributed by atoms with Crippen LogP contribution < -0.4 is 5.73 Å². The van der Waals surface area contributed by atoms with Crippen molar-refractivity contribution in [2.75, 3.05) is 6.61 Å². The molecule has 0 saturated carbocycles. The summed E-state index contributed by atoms with van der Waals surface area (Å²) in [4.78, 5) is 19.6. The van der Waals surface area contributed by atoms with Crippen LogP contribution in [0.3, 0.4) is 0 Å². The van der Waals surface area contributed by atoms with Gasteiger partial charge in [0.1, 0.15) is 11.3 Å². The summed E-state index contributed by atoms with van der Waals surface area (Å²) in [5.74, 6) is 0.360. The SMILES string of the molecule is CCOC(=O)c1ccc(-n2cnc(C(N)=S)n2)nc1. The molecular formula is C11H11N5O2S. The number of esters is 1. The van der Waals surface area contributed by atoms with Crippen molar-refractivity contribution in [2.24, 2.45) is 5.73 Å². The number of hydrogen-bond donors (Lipinski definition) is 1. The molecule has 0 radical (unpaired) electrons. The lowest BCUT2D eigenvalue weighted by Crippen LogP contribution is -2.12. The number of thiocarbonyl (C=S) groups is 1. The largest absolute Gasteiger partial charge is 0.462 e. The third-order valence-corrected chi connectivity index (χ3v) is 2.39. The Bertz CT molecular complexity index is 608. The van der Waals surface area contributed by atoms with E-state index < -0.39 is 5.97 Å². The molecule has 0 amide bonds. The normalized spacial score (nSPS) is 10.2. The number of hydrogen-bond acceptors (Lipinski definition) is 6. The van der Waals surface area contributed by atoms with Crippen LogP contribution in [0.4, 0.5) is 0 Å². The van der Waals surface area contributed by atoms with E-state index in [0.717, 1.165) is 0 Å². The quantitative estimate of drug-likeness (QED) is 0.641. The molecule has 2 aromatic heterocycles. The van der Waals surface area contributed by atoms with Crippen molar-refractivity contribution >= 4 is 23.2 Å². The van der Waals surface area contributed by atoms with Crippen LogP contribution in [0.15, 0.2) is 24.7 Å². The summed E-state index contributed by atoms with van der Waals surface area (Å²) in [5, 5.41) is 4.05. The first kappa shape index (κ1) is 13.1. The van der Waals surface area contributed by atoms with E-state index in [0.29, 0.717) is 18.0 Å². The second kappa shape index (κ2) is 5.53. The van der Waals surface area contributed by atoms with Crippen LogP contribution in [0.25, 0.3) is 5.82 Å². The van der Waals surface area contributed by atoms with Crippen LogP contribution in [0.5, 0.6) is 0 Å². The van der Waals surface area contributed by atoms with E-state index >= 15 is 0 Å². The van der Waals surface area contributed by atoms with Gasteiger partial charge in [0.25, 0.3) is 0 Å². The van der Waals surface area contributed by atoms with Gasteiger partial charge in [0.2, 0.25) is 5.82 Å². The van der Waals surface area contributed by atoms with Gasteiger partial charge in [-0.2, -0.15) is 0 Å². The van der Waals surface area contributed by atoms with E-state index in [2.05, 4.69) is 15.1 Å². The fourth-order valence-electron chi connectivity index (χ4n) is 1.34. The van der Waals surface area contributed by atoms with Crippen molar-refractivity contribution in [3.63, 3.8) is 0 Å². The molecule has 0 fully saturated rings. The maximum atomic E-state index is 11.5. The second-order valence-corrected chi connectivity index (χ2v) is 3.94. The minimum Gasteiger partial charge on any atom is -0.462 e. The minimum atomic E-state index is -0.413. The number of aromatic nitrogens is 4. The fourth-order valence-corrected chi connectivity index (χ4v) is 1.44. The molecule has 0 bridgehead atoms. The van der Waals surface area contributed by atoms with Crippen LogP contribution in [-0.2, 0) is 4.74 Å². The summed E-state index contributed by atoms with van der Waals surface area (Å²) in [6.45, 7) is 2.06. The van der Waals surface area contributed by atoms with Gasteiger partial charge in [0, 0.05) is 6.20 Å². The van der Waals surface area contributed by atoms with Gasteiger partial charge in [-0.25, -0.2) is 19.4 Å². The molecule has 0 aliphatic heterocycles. The Balaban J connectivity index is 2.22. The van der Waals surface area contributed by atoms with Gasteiger partial charge in [-0.1, -0.05) is 12.2 Å². The Morgan fingerprint density at radius 1 is 1.47 bits per heavy atom. The molecule has 0 unspecified atom stereocenters. The zero-order valence-electron chi connectivity index (χ0n) is 10.1. The van der Waals surface area contributed by atoms with E-state index in [1.165, 1.54) is 17.2 Å². The molecule has 0 spiro atoms. The molecule has 2 N–H and O–H groups in total. The zero-order valence-corrected chi connectivity index (χ0v) is 10.9. The number of nitrogens with two attached hydrogens (primary N) is 1. The van der Waals surface area contributed by atoms with Gasteiger partial charge in [-0.05, 0) is 19.1 Å². The second-order valence-electron chi connectivity index (χ2n) is 3.50. The van der Waals surface area contributed by atoms with Gasteiger partial charge >= 0.3 is 5.97 Å². The van der Waals surface area contributed by atoms with Gasteiger partial charge in [-0.3, -0.25) is 0 Å². The molecule has 0 saturated heterocycles. The first-order valence-corrected chi connectivity index (χ1v) is 5.87. The third kappa shape index (κ3) is 2.91. The molecule has 19 heavy (non-hydrogen) atoms. The maximum absolute atomic E-state index is 11.5. The van der Waals surface area contributed by atoms with Crippen LogP contribution in [0.1, 0.15) is 23.1 Å². The Labute approximate surface area is 114 Å². The molecule has 8 heteroatoms. The summed E-state index contributed by atoms with van der Waals surface area (Å²) in [6.07, 6.45) is 2.86. The zero-order chi connectivity index (χ0) is 13.8. The van der Waals surface area contributed by atoms with Crippen molar-refractivity contribution in [2.45, 2.75) is 6.92 Å². The van der Waals surface area contributed by atoms with E-state index in [-0.39, 0.29) is 10.8 Å². The molecular weight excluding hydrogens is 266 g/mol. The Morgan fingerprint density at radius 3 is 2.79 bits per heavy atom. The average molecular weight is 277 g/mol. The van der Waals surface area contributed by atoms with Crippen LogP contribution in [-0.4, -0.2) is 37.3 Å². The van der Waals surface area contributed by atoms with Crippen LogP contribution >= 0.6 is 12.2 Å². The predicted molar refractivity (Wildman–Crippen MR) is 71.0 cm³/mol. The Kier molecular flexibility index (Phi) is 3.81. The number of pyridine rings is 1. The maximum Gasteiger partial charge on any atom is 0.339 e. The third-order valence-electron chi connectivity index (χ3n) is 2.21. The minimum absolute atomic E-state index is 0.113. The summed E-state index contributed by atoms with van der Waals surface area (Å²) >= 11 is 4.77. The lowest BCUT2D eigenvalue weighted by Gasteiger charge is -2.02.